The van der Waals surface area contributed by atoms with Crippen LogP contribution in [0, 0.1) is 0 Å². The summed E-state index contributed by atoms with van der Waals surface area (Å²) in [6.07, 6.45) is 3.76. The second-order valence-electron chi connectivity index (χ2n) is 5.58. The van der Waals surface area contributed by atoms with Gasteiger partial charge in [-0.25, -0.2) is 0 Å². The first kappa shape index (κ1) is 14.3. The molecule has 1 saturated carbocycles. The van der Waals surface area contributed by atoms with Crippen LogP contribution in [0.15, 0.2) is 0 Å². The number of anilines is 3. The quantitative estimate of drug-likeness (QED) is 0.872. The summed E-state index contributed by atoms with van der Waals surface area (Å²) in [5, 5.41) is 3.21. The zero-order chi connectivity index (χ0) is 14.7. The molecule has 0 aromatic carbocycles. The average molecular weight is 292 g/mol. The fourth-order valence-electron chi connectivity index (χ4n) is 2.59. The van der Waals surface area contributed by atoms with Crippen LogP contribution in [0.2, 0.25) is 0 Å². The molecular formula is C14H24N6O. The third-order valence-electron chi connectivity index (χ3n) is 4.18. The van der Waals surface area contributed by atoms with Gasteiger partial charge in [0.2, 0.25) is 17.8 Å². The molecule has 1 aliphatic heterocycles. The molecule has 7 heteroatoms. The van der Waals surface area contributed by atoms with Crippen LogP contribution in [0.1, 0.15) is 26.2 Å². The van der Waals surface area contributed by atoms with Crippen LogP contribution in [0.5, 0.6) is 0 Å². The molecule has 116 valence electrons. The minimum atomic E-state index is 0.569. The Morgan fingerprint density at radius 2 is 2.00 bits per heavy atom. The molecule has 7 nitrogen and oxygen atoms in total. The maximum Gasteiger partial charge on any atom is 0.232 e. The highest BCUT2D eigenvalue weighted by molar-refractivity contribution is 5.45. The first-order valence-corrected chi connectivity index (χ1v) is 7.83. The third kappa shape index (κ3) is 3.18. The van der Waals surface area contributed by atoms with Gasteiger partial charge in [-0.05, 0) is 26.2 Å². The van der Waals surface area contributed by atoms with Gasteiger partial charge in [-0.3, -0.25) is 0 Å². The summed E-state index contributed by atoms with van der Waals surface area (Å²) >= 11 is 0. The number of hydrogen-bond donors (Lipinski definition) is 1. The first-order chi connectivity index (χ1) is 10.3. The fourth-order valence-corrected chi connectivity index (χ4v) is 2.59. The number of ether oxygens (including phenoxy) is 1. The highest BCUT2D eigenvalue weighted by atomic mass is 16.5. The molecule has 0 unspecified atom stereocenters. The third-order valence-corrected chi connectivity index (χ3v) is 4.18. The van der Waals surface area contributed by atoms with Gasteiger partial charge in [0, 0.05) is 32.7 Å². The number of aromatic nitrogens is 3. The summed E-state index contributed by atoms with van der Waals surface area (Å²) < 4.78 is 5.40. The molecular weight excluding hydrogens is 268 g/mol. The van der Waals surface area contributed by atoms with E-state index in [1.165, 1.54) is 19.3 Å². The van der Waals surface area contributed by atoms with Crippen LogP contribution < -0.4 is 15.1 Å². The summed E-state index contributed by atoms with van der Waals surface area (Å²) in [6.45, 7) is 5.99. The molecule has 0 atom stereocenters. The van der Waals surface area contributed by atoms with E-state index in [-0.39, 0.29) is 0 Å². The van der Waals surface area contributed by atoms with Gasteiger partial charge >= 0.3 is 0 Å². The number of nitrogens with one attached hydrogen (secondary N) is 1. The van der Waals surface area contributed by atoms with Crippen molar-refractivity contribution in [3.63, 3.8) is 0 Å². The van der Waals surface area contributed by atoms with E-state index < -0.39 is 0 Å². The summed E-state index contributed by atoms with van der Waals surface area (Å²) in [5.41, 5.74) is 0. The van der Waals surface area contributed by atoms with E-state index in [0.717, 1.165) is 44.7 Å². The molecule has 3 rings (SSSR count). The van der Waals surface area contributed by atoms with Crippen molar-refractivity contribution >= 4 is 17.8 Å². The van der Waals surface area contributed by atoms with E-state index in [0.29, 0.717) is 12.0 Å². The van der Waals surface area contributed by atoms with Crippen molar-refractivity contribution in [3.8, 4) is 0 Å². The van der Waals surface area contributed by atoms with E-state index in [9.17, 15) is 0 Å². The maximum atomic E-state index is 5.40. The predicted molar refractivity (Wildman–Crippen MR) is 83.1 cm³/mol. The molecule has 2 heterocycles. The summed E-state index contributed by atoms with van der Waals surface area (Å²) in [7, 11) is 2.08. The molecule has 0 bridgehead atoms. The standard InChI is InChI=1S/C14H24N6O/c1-3-15-12-16-13(19(2)11-5-4-6-11)18-14(17-12)20-7-9-21-10-8-20/h11H,3-10H2,1-2H3,(H,15,16,17,18). The van der Waals surface area contributed by atoms with E-state index >= 15 is 0 Å². The van der Waals surface area contributed by atoms with Crippen molar-refractivity contribution in [2.75, 3.05) is 55.0 Å². The summed E-state index contributed by atoms with van der Waals surface area (Å²) in [6, 6.07) is 0.569. The number of nitrogens with zero attached hydrogens (tertiary/aromatic N) is 5. The van der Waals surface area contributed by atoms with E-state index in [2.05, 4.69) is 37.1 Å². The number of hydrogen-bond acceptors (Lipinski definition) is 7. The Labute approximate surface area is 125 Å². The van der Waals surface area contributed by atoms with Gasteiger partial charge in [-0.1, -0.05) is 0 Å². The lowest BCUT2D eigenvalue weighted by Gasteiger charge is -2.35. The van der Waals surface area contributed by atoms with Gasteiger partial charge in [-0.15, -0.1) is 0 Å². The highest BCUT2D eigenvalue weighted by Crippen LogP contribution is 2.27. The molecule has 1 aromatic heterocycles. The van der Waals surface area contributed by atoms with Crippen molar-refractivity contribution < 1.29 is 4.74 Å². The number of rotatable bonds is 5. The topological polar surface area (TPSA) is 66.4 Å². The lowest BCUT2D eigenvalue weighted by atomic mass is 9.92. The van der Waals surface area contributed by atoms with Crippen LogP contribution >= 0.6 is 0 Å². The molecule has 0 spiro atoms. The molecule has 2 aliphatic rings. The van der Waals surface area contributed by atoms with Crippen LogP contribution in [-0.2, 0) is 4.74 Å². The van der Waals surface area contributed by atoms with Crippen molar-refractivity contribution in [3.05, 3.63) is 0 Å². The van der Waals surface area contributed by atoms with Gasteiger partial charge in [0.1, 0.15) is 0 Å². The molecule has 0 amide bonds. The Bertz CT molecular complexity index is 452. The predicted octanol–water partition coefficient (Wildman–Crippen LogP) is 1.13. The average Bonchev–Trinajstić information content (AvgIpc) is 2.46. The van der Waals surface area contributed by atoms with E-state index in [1.807, 2.05) is 6.92 Å². The zero-order valence-corrected chi connectivity index (χ0v) is 12.9. The smallest absolute Gasteiger partial charge is 0.232 e. The fraction of sp³-hybridized carbons (Fsp3) is 0.786. The van der Waals surface area contributed by atoms with Crippen LogP contribution in [0.4, 0.5) is 17.8 Å². The van der Waals surface area contributed by atoms with Gasteiger partial charge in [0.25, 0.3) is 0 Å². The van der Waals surface area contributed by atoms with E-state index in [4.69, 9.17) is 4.74 Å². The summed E-state index contributed by atoms with van der Waals surface area (Å²) in [4.78, 5) is 18.1. The van der Waals surface area contributed by atoms with Gasteiger partial charge < -0.3 is 19.9 Å². The van der Waals surface area contributed by atoms with Crippen molar-refractivity contribution in [1.82, 2.24) is 15.0 Å². The van der Waals surface area contributed by atoms with Gasteiger partial charge in [0.05, 0.1) is 13.2 Å². The summed E-state index contributed by atoms with van der Waals surface area (Å²) in [5.74, 6) is 2.19. The molecule has 0 radical (unpaired) electrons. The second kappa shape index (κ2) is 6.43. The molecule has 1 N–H and O–H groups in total. The van der Waals surface area contributed by atoms with Gasteiger partial charge in [0.15, 0.2) is 0 Å². The minimum Gasteiger partial charge on any atom is -0.378 e. The van der Waals surface area contributed by atoms with E-state index in [1.54, 1.807) is 0 Å². The monoisotopic (exact) mass is 292 g/mol. The molecule has 21 heavy (non-hydrogen) atoms. The van der Waals surface area contributed by atoms with Crippen LogP contribution in [0.3, 0.4) is 0 Å². The van der Waals surface area contributed by atoms with Crippen molar-refractivity contribution in [2.24, 2.45) is 0 Å². The largest absolute Gasteiger partial charge is 0.378 e. The Morgan fingerprint density at radius 3 is 2.62 bits per heavy atom. The molecule has 1 saturated heterocycles. The SMILES string of the molecule is CCNc1nc(N2CCOCC2)nc(N(C)C2CCC2)n1. The zero-order valence-electron chi connectivity index (χ0n) is 12.9. The maximum absolute atomic E-state index is 5.40. The highest BCUT2D eigenvalue weighted by Gasteiger charge is 2.25. The Kier molecular flexibility index (Phi) is 4.38. The number of morpholine rings is 1. The van der Waals surface area contributed by atoms with Gasteiger partial charge in [-0.2, -0.15) is 15.0 Å². The Morgan fingerprint density at radius 1 is 1.24 bits per heavy atom. The van der Waals surface area contributed by atoms with Crippen molar-refractivity contribution in [2.45, 2.75) is 32.2 Å². The molecule has 1 aromatic rings. The normalized spacial score (nSPS) is 19.2. The van der Waals surface area contributed by atoms with Crippen LogP contribution in [-0.4, -0.2) is 60.9 Å². The molecule has 2 fully saturated rings. The lowest BCUT2D eigenvalue weighted by molar-refractivity contribution is 0.122. The Balaban J connectivity index is 1.85. The molecule has 1 aliphatic carbocycles. The minimum absolute atomic E-state index is 0.569. The Hall–Kier alpha value is -1.63. The second-order valence-corrected chi connectivity index (χ2v) is 5.58. The lowest BCUT2D eigenvalue weighted by Crippen LogP contribution is -2.40. The van der Waals surface area contributed by atoms with Crippen molar-refractivity contribution in [1.29, 1.82) is 0 Å². The first-order valence-electron chi connectivity index (χ1n) is 7.83. The van der Waals surface area contributed by atoms with Crippen LogP contribution in [0.25, 0.3) is 0 Å².